The van der Waals surface area contributed by atoms with Gasteiger partial charge in [-0.05, 0) is 64.2 Å². The van der Waals surface area contributed by atoms with E-state index in [4.69, 9.17) is 9.47 Å². The number of fused-ring (bicyclic) bond motifs is 2. The Hall–Kier alpha value is -0.0800. The zero-order valence-electron chi connectivity index (χ0n) is 13.2. The summed E-state index contributed by atoms with van der Waals surface area (Å²) in [5, 5.41) is 0. The molecule has 2 heterocycles. The van der Waals surface area contributed by atoms with Crippen molar-refractivity contribution < 1.29 is 9.47 Å². The molecular weight excluding hydrogens is 248 g/mol. The Kier molecular flexibility index (Phi) is 3.20. The summed E-state index contributed by atoms with van der Waals surface area (Å²) in [6, 6.07) is 0. The molecule has 2 saturated carbocycles. The second-order valence-corrected chi connectivity index (χ2v) is 8.40. The molecule has 0 radical (unpaired) electrons. The van der Waals surface area contributed by atoms with Crippen molar-refractivity contribution in [3.05, 3.63) is 0 Å². The van der Waals surface area contributed by atoms with E-state index in [1.165, 1.54) is 64.2 Å². The minimum Gasteiger partial charge on any atom is -0.366 e. The van der Waals surface area contributed by atoms with Crippen LogP contribution >= 0.6 is 0 Å². The van der Waals surface area contributed by atoms with Crippen molar-refractivity contribution in [1.82, 2.24) is 0 Å². The third-order valence-electron chi connectivity index (χ3n) is 6.74. The van der Waals surface area contributed by atoms with Gasteiger partial charge in [-0.25, -0.2) is 0 Å². The third-order valence-corrected chi connectivity index (χ3v) is 6.74. The lowest BCUT2D eigenvalue weighted by Crippen LogP contribution is -2.22. The van der Waals surface area contributed by atoms with Gasteiger partial charge in [-0.1, -0.05) is 25.7 Å². The van der Waals surface area contributed by atoms with E-state index in [1.807, 2.05) is 0 Å². The van der Waals surface area contributed by atoms with E-state index in [2.05, 4.69) is 13.8 Å². The highest BCUT2D eigenvalue weighted by molar-refractivity contribution is 5.04. The van der Waals surface area contributed by atoms with Crippen LogP contribution in [-0.2, 0) is 9.47 Å². The van der Waals surface area contributed by atoms with Crippen LogP contribution in [-0.4, -0.2) is 23.4 Å². The molecule has 4 rings (SSSR count). The van der Waals surface area contributed by atoms with Crippen LogP contribution in [0.1, 0.15) is 78.1 Å². The largest absolute Gasteiger partial charge is 0.366 e. The van der Waals surface area contributed by atoms with E-state index in [0.717, 1.165) is 11.8 Å². The SMILES string of the molecule is CC12CCC(CCCCC3CCC4(C)OC4C3)CC1O2. The molecule has 0 aromatic carbocycles. The van der Waals surface area contributed by atoms with Crippen LogP contribution in [0.15, 0.2) is 0 Å². The number of hydrogen-bond donors (Lipinski definition) is 0. The highest BCUT2D eigenvalue weighted by Gasteiger charge is 2.55. The van der Waals surface area contributed by atoms with Crippen LogP contribution < -0.4 is 0 Å². The van der Waals surface area contributed by atoms with Gasteiger partial charge in [0.2, 0.25) is 0 Å². The van der Waals surface area contributed by atoms with Gasteiger partial charge in [0.05, 0.1) is 23.4 Å². The fraction of sp³-hybridized carbons (Fsp3) is 1.00. The van der Waals surface area contributed by atoms with E-state index >= 15 is 0 Å². The molecule has 0 bridgehead atoms. The molecule has 0 amide bonds. The maximum Gasteiger partial charge on any atom is 0.0920 e. The summed E-state index contributed by atoms with van der Waals surface area (Å²) < 4.78 is 11.6. The van der Waals surface area contributed by atoms with Crippen molar-refractivity contribution in [2.24, 2.45) is 11.8 Å². The van der Waals surface area contributed by atoms with Crippen molar-refractivity contribution in [3.63, 3.8) is 0 Å². The molecule has 4 fully saturated rings. The van der Waals surface area contributed by atoms with Crippen molar-refractivity contribution in [2.75, 3.05) is 0 Å². The summed E-state index contributed by atoms with van der Waals surface area (Å²) in [6.07, 6.45) is 15.1. The summed E-state index contributed by atoms with van der Waals surface area (Å²) in [5.74, 6) is 1.91. The third kappa shape index (κ3) is 2.54. The summed E-state index contributed by atoms with van der Waals surface area (Å²) in [4.78, 5) is 0. The van der Waals surface area contributed by atoms with E-state index in [-0.39, 0.29) is 0 Å². The van der Waals surface area contributed by atoms with Crippen molar-refractivity contribution in [3.8, 4) is 0 Å². The number of ether oxygens (including phenoxy) is 2. The molecular formula is C18H30O2. The molecule has 0 spiro atoms. The number of epoxide rings is 2. The Morgan fingerprint density at radius 3 is 1.65 bits per heavy atom. The number of unbranched alkanes of at least 4 members (excludes halogenated alkanes) is 1. The van der Waals surface area contributed by atoms with Crippen LogP contribution in [0.25, 0.3) is 0 Å². The summed E-state index contributed by atoms with van der Waals surface area (Å²) >= 11 is 0. The van der Waals surface area contributed by atoms with Crippen LogP contribution in [0, 0.1) is 11.8 Å². The first-order valence-electron chi connectivity index (χ1n) is 8.93. The quantitative estimate of drug-likeness (QED) is 0.548. The zero-order valence-corrected chi connectivity index (χ0v) is 13.2. The average molecular weight is 278 g/mol. The topological polar surface area (TPSA) is 25.1 Å². The fourth-order valence-electron chi connectivity index (χ4n) is 4.83. The molecule has 114 valence electrons. The van der Waals surface area contributed by atoms with Gasteiger partial charge in [0.25, 0.3) is 0 Å². The molecule has 2 nitrogen and oxygen atoms in total. The minimum atomic E-state index is 0.301. The maximum absolute atomic E-state index is 5.81. The van der Waals surface area contributed by atoms with Crippen molar-refractivity contribution >= 4 is 0 Å². The zero-order chi connectivity index (χ0) is 13.8. The van der Waals surface area contributed by atoms with Crippen molar-refractivity contribution in [1.29, 1.82) is 0 Å². The normalized spacial score (nSPS) is 53.1. The van der Waals surface area contributed by atoms with E-state index in [0.29, 0.717) is 23.4 Å². The van der Waals surface area contributed by atoms with Gasteiger partial charge in [0, 0.05) is 0 Å². The summed E-state index contributed by atoms with van der Waals surface area (Å²) in [5.41, 5.74) is 0.602. The molecule has 20 heavy (non-hydrogen) atoms. The molecule has 0 aromatic heterocycles. The first-order valence-corrected chi connectivity index (χ1v) is 8.93. The molecule has 6 atom stereocenters. The second-order valence-electron chi connectivity index (χ2n) is 8.40. The molecule has 2 aliphatic carbocycles. The Morgan fingerprint density at radius 2 is 1.25 bits per heavy atom. The van der Waals surface area contributed by atoms with E-state index in [1.54, 1.807) is 0 Å². The number of hydrogen-bond acceptors (Lipinski definition) is 2. The predicted octanol–water partition coefficient (Wildman–Crippen LogP) is 4.46. The van der Waals surface area contributed by atoms with Gasteiger partial charge in [-0.15, -0.1) is 0 Å². The first kappa shape index (κ1) is 13.6. The lowest BCUT2D eigenvalue weighted by molar-refractivity contribution is 0.290. The lowest BCUT2D eigenvalue weighted by Gasteiger charge is -2.24. The van der Waals surface area contributed by atoms with Gasteiger partial charge in [-0.2, -0.15) is 0 Å². The molecule has 0 N–H and O–H groups in total. The van der Waals surface area contributed by atoms with Gasteiger partial charge < -0.3 is 9.47 Å². The molecule has 6 unspecified atom stereocenters. The van der Waals surface area contributed by atoms with Gasteiger partial charge in [-0.3, -0.25) is 0 Å². The van der Waals surface area contributed by atoms with Crippen LogP contribution in [0.4, 0.5) is 0 Å². The predicted molar refractivity (Wildman–Crippen MR) is 79.7 cm³/mol. The highest BCUT2D eigenvalue weighted by atomic mass is 16.6. The van der Waals surface area contributed by atoms with Gasteiger partial charge >= 0.3 is 0 Å². The minimum absolute atomic E-state index is 0.301. The first-order chi connectivity index (χ1) is 9.57. The Balaban J connectivity index is 1.11. The maximum atomic E-state index is 5.81. The highest BCUT2D eigenvalue weighted by Crippen LogP contribution is 2.51. The summed E-state index contributed by atoms with van der Waals surface area (Å²) in [7, 11) is 0. The molecule has 0 aromatic rings. The fourth-order valence-corrected chi connectivity index (χ4v) is 4.83. The average Bonchev–Trinajstić information content (AvgIpc) is 3.27. The standard InChI is InChI=1S/C18H30O2/c1-17-9-7-13(11-15(17)19-17)5-3-4-6-14-8-10-18(2)16(12-14)20-18/h13-16H,3-12H2,1-2H3. The smallest absolute Gasteiger partial charge is 0.0920 e. The Labute approximate surface area is 123 Å². The lowest BCUT2D eigenvalue weighted by atomic mass is 9.79. The number of rotatable bonds is 5. The summed E-state index contributed by atoms with van der Waals surface area (Å²) in [6.45, 7) is 4.59. The Bertz CT molecular complexity index is 346. The molecule has 4 aliphatic rings. The molecule has 2 aliphatic heterocycles. The van der Waals surface area contributed by atoms with Crippen LogP contribution in [0.3, 0.4) is 0 Å². The van der Waals surface area contributed by atoms with Crippen LogP contribution in [0.5, 0.6) is 0 Å². The monoisotopic (exact) mass is 278 g/mol. The molecule has 2 saturated heterocycles. The Morgan fingerprint density at radius 1 is 0.800 bits per heavy atom. The van der Waals surface area contributed by atoms with Crippen LogP contribution in [0.2, 0.25) is 0 Å². The van der Waals surface area contributed by atoms with E-state index in [9.17, 15) is 0 Å². The molecule has 2 heteroatoms. The second kappa shape index (κ2) is 4.71. The van der Waals surface area contributed by atoms with Crippen molar-refractivity contribution in [2.45, 2.75) is 101 Å². The van der Waals surface area contributed by atoms with E-state index < -0.39 is 0 Å². The van der Waals surface area contributed by atoms with Gasteiger partial charge in [0.15, 0.2) is 0 Å². The van der Waals surface area contributed by atoms with Gasteiger partial charge in [0.1, 0.15) is 0 Å².